The summed E-state index contributed by atoms with van der Waals surface area (Å²) >= 11 is 0. The lowest BCUT2D eigenvalue weighted by Gasteiger charge is -2.51. The van der Waals surface area contributed by atoms with Gasteiger partial charge in [-0.15, -0.1) is 0 Å². The Hall–Kier alpha value is -2.42. The van der Waals surface area contributed by atoms with Crippen molar-refractivity contribution in [3.05, 3.63) is 106 Å². The molecule has 3 aromatic rings. The van der Waals surface area contributed by atoms with Gasteiger partial charge in [-0.3, -0.25) is 0 Å². The fourth-order valence-corrected chi connectivity index (χ4v) is 4.84. The highest BCUT2D eigenvalue weighted by Gasteiger charge is 2.57. The van der Waals surface area contributed by atoms with E-state index in [1.54, 1.807) is 0 Å². The summed E-state index contributed by atoms with van der Waals surface area (Å²) in [6.07, 6.45) is 3.24. The van der Waals surface area contributed by atoms with Gasteiger partial charge in [-0.2, -0.15) is 0 Å². The molecule has 0 fully saturated rings. The first-order chi connectivity index (χ1) is 12.6. The van der Waals surface area contributed by atoms with Crippen LogP contribution in [0.4, 0.5) is 0 Å². The Balaban J connectivity index is 1.86. The molecule has 3 aliphatic carbocycles. The van der Waals surface area contributed by atoms with Crippen molar-refractivity contribution in [2.24, 2.45) is 0 Å². The van der Waals surface area contributed by atoms with Gasteiger partial charge in [0.1, 0.15) is 11.2 Å². The van der Waals surface area contributed by atoms with Crippen molar-refractivity contribution in [3.63, 3.8) is 0 Å². The van der Waals surface area contributed by atoms with Crippen LogP contribution in [0.1, 0.15) is 58.7 Å². The predicted octanol–water partition coefficient (Wildman–Crippen LogP) is 4.22. The van der Waals surface area contributed by atoms with Crippen LogP contribution in [0.3, 0.4) is 0 Å². The quantitative estimate of drug-likeness (QED) is 0.748. The van der Waals surface area contributed by atoms with Crippen molar-refractivity contribution < 1.29 is 10.2 Å². The van der Waals surface area contributed by atoms with E-state index in [1.807, 2.05) is 54.6 Å². The Morgan fingerprint density at radius 1 is 0.654 bits per heavy atom. The van der Waals surface area contributed by atoms with Crippen LogP contribution < -0.4 is 0 Å². The molecule has 0 spiro atoms. The van der Waals surface area contributed by atoms with Crippen LogP contribution in [0.2, 0.25) is 0 Å². The van der Waals surface area contributed by atoms with Gasteiger partial charge in [0.05, 0.1) is 0 Å². The maximum absolute atomic E-state index is 12.0. The number of rotatable bonds is 3. The minimum atomic E-state index is -1.21. The van der Waals surface area contributed by atoms with Crippen molar-refractivity contribution in [2.45, 2.75) is 37.4 Å². The highest BCUT2D eigenvalue weighted by Crippen LogP contribution is 2.59. The minimum Gasteiger partial charge on any atom is -0.376 e. The van der Waals surface area contributed by atoms with Crippen molar-refractivity contribution in [1.29, 1.82) is 0 Å². The molecule has 2 N–H and O–H groups in total. The van der Waals surface area contributed by atoms with E-state index in [2.05, 4.69) is 19.1 Å². The summed E-state index contributed by atoms with van der Waals surface area (Å²) < 4.78 is 0. The van der Waals surface area contributed by atoms with Gasteiger partial charge in [-0.1, -0.05) is 80.1 Å². The molecule has 0 amide bonds. The standard InChI is InChI=1S/C24H22O2/c1-2-3-8-16-13-14-21-22(15-16)24(26)19-11-6-4-9-17(19)23(21,25)18-10-5-7-12-20(18)24/h4-7,9-15,25-26H,2-3,8H2,1H3. The second-order valence-electron chi connectivity index (χ2n) is 7.50. The molecule has 26 heavy (non-hydrogen) atoms. The summed E-state index contributed by atoms with van der Waals surface area (Å²) in [7, 11) is 0. The lowest BCUT2D eigenvalue weighted by atomic mass is 9.56. The van der Waals surface area contributed by atoms with E-state index in [-0.39, 0.29) is 0 Å². The van der Waals surface area contributed by atoms with Gasteiger partial charge in [0.25, 0.3) is 0 Å². The summed E-state index contributed by atoms with van der Waals surface area (Å²) in [5.74, 6) is 0. The second-order valence-corrected chi connectivity index (χ2v) is 7.50. The number of hydrogen-bond acceptors (Lipinski definition) is 2. The summed E-state index contributed by atoms with van der Waals surface area (Å²) in [6.45, 7) is 2.18. The summed E-state index contributed by atoms with van der Waals surface area (Å²) in [4.78, 5) is 0. The molecule has 2 nitrogen and oxygen atoms in total. The number of unbranched alkanes of at least 4 members (excludes halogenated alkanes) is 1. The Labute approximate surface area is 153 Å². The third-order valence-electron chi connectivity index (χ3n) is 6.10. The average Bonchev–Trinajstić information content (AvgIpc) is 2.70. The van der Waals surface area contributed by atoms with Crippen LogP contribution in [0.15, 0.2) is 66.7 Å². The molecule has 2 heteroatoms. The summed E-state index contributed by atoms with van der Waals surface area (Å²) in [5, 5.41) is 24.0. The van der Waals surface area contributed by atoms with Crippen LogP contribution in [0.25, 0.3) is 0 Å². The number of hydrogen-bond donors (Lipinski definition) is 2. The van der Waals surface area contributed by atoms with Crippen LogP contribution in [0, 0.1) is 0 Å². The van der Waals surface area contributed by atoms with Crippen LogP contribution >= 0.6 is 0 Å². The highest BCUT2D eigenvalue weighted by molar-refractivity contribution is 5.72. The fourth-order valence-electron chi connectivity index (χ4n) is 4.84. The molecule has 3 aromatic carbocycles. The molecule has 130 valence electrons. The maximum atomic E-state index is 12.0. The first-order valence-electron chi connectivity index (χ1n) is 9.40. The van der Waals surface area contributed by atoms with Gasteiger partial charge in [-0.25, -0.2) is 0 Å². The number of benzene rings is 3. The van der Waals surface area contributed by atoms with Gasteiger partial charge in [0.2, 0.25) is 0 Å². The molecule has 0 saturated carbocycles. The SMILES string of the molecule is CCCCc1ccc2c(c1)C1(O)c3ccccc3C2(O)c2ccccc21. The van der Waals surface area contributed by atoms with Crippen LogP contribution in [0.5, 0.6) is 0 Å². The van der Waals surface area contributed by atoms with Crippen LogP contribution in [-0.2, 0) is 17.6 Å². The lowest BCUT2D eigenvalue weighted by Crippen LogP contribution is -2.50. The Morgan fingerprint density at radius 3 is 1.62 bits per heavy atom. The number of aliphatic hydroxyl groups is 2. The van der Waals surface area contributed by atoms with E-state index in [4.69, 9.17) is 0 Å². The molecular weight excluding hydrogens is 320 g/mol. The topological polar surface area (TPSA) is 40.5 Å². The van der Waals surface area contributed by atoms with Gasteiger partial charge in [-0.05, 0) is 51.8 Å². The molecule has 0 heterocycles. The van der Waals surface area contributed by atoms with Crippen molar-refractivity contribution >= 4 is 0 Å². The molecule has 0 saturated heterocycles. The Bertz CT molecular complexity index is 971. The first-order valence-corrected chi connectivity index (χ1v) is 9.40. The van der Waals surface area contributed by atoms with Crippen molar-refractivity contribution in [2.75, 3.05) is 0 Å². The van der Waals surface area contributed by atoms with E-state index < -0.39 is 11.2 Å². The van der Waals surface area contributed by atoms with E-state index >= 15 is 0 Å². The second kappa shape index (κ2) is 5.29. The van der Waals surface area contributed by atoms with Gasteiger partial charge in [0, 0.05) is 0 Å². The minimum absolute atomic E-state index is 0.787. The molecule has 0 atom stereocenters. The van der Waals surface area contributed by atoms with Gasteiger partial charge < -0.3 is 10.2 Å². The molecule has 0 aliphatic heterocycles. The maximum Gasteiger partial charge on any atom is 0.141 e. The van der Waals surface area contributed by atoms with E-state index in [9.17, 15) is 10.2 Å². The zero-order valence-corrected chi connectivity index (χ0v) is 14.9. The molecule has 0 radical (unpaired) electrons. The zero-order valence-electron chi connectivity index (χ0n) is 14.9. The molecule has 0 unspecified atom stereocenters. The predicted molar refractivity (Wildman–Crippen MR) is 102 cm³/mol. The molecule has 2 bridgehead atoms. The molecule has 3 aliphatic rings. The smallest absolute Gasteiger partial charge is 0.141 e. The normalized spacial score (nSPS) is 24.7. The summed E-state index contributed by atoms with van der Waals surface area (Å²) in [5.41, 5.74) is 3.58. The van der Waals surface area contributed by atoms with E-state index in [0.717, 1.165) is 52.6 Å². The molecule has 0 aromatic heterocycles. The Morgan fingerprint density at radius 2 is 1.12 bits per heavy atom. The highest BCUT2D eigenvalue weighted by atomic mass is 16.3. The fraction of sp³-hybridized carbons (Fsp3) is 0.250. The monoisotopic (exact) mass is 342 g/mol. The van der Waals surface area contributed by atoms with E-state index in [0.29, 0.717) is 0 Å². The van der Waals surface area contributed by atoms with Gasteiger partial charge >= 0.3 is 0 Å². The third kappa shape index (κ3) is 1.74. The first kappa shape index (κ1) is 15.8. The van der Waals surface area contributed by atoms with Crippen molar-refractivity contribution in [3.8, 4) is 0 Å². The van der Waals surface area contributed by atoms with Crippen molar-refractivity contribution in [1.82, 2.24) is 0 Å². The van der Waals surface area contributed by atoms with Crippen LogP contribution in [-0.4, -0.2) is 10.2 Å². The largest absolute Gasteiger partial charge is 0.376 e. The summed E-state index contributed by atoms with van der Waals surface area (Å²) in [6, 6.07) is 21.7. The Kier molecular flexibility index (Phi) is 3.22. The van der Waals surface area contributed by atoms with Gasteiger partial charge in [0.15, 0.2) is 0 Å². The molecular formula is C24H22O2. The molecule has 6 rings (SSSR count). The average molecular weight is 342 g/mol. The third-order valence-corrected chi connectivity index (χ3v) is 6.10. The number of aryl methyl sites for hydroxylation is 1. The lowest BCUT2D eigenvalue weighted by molar-refractivity contribution is 0.0493. The zero-order chi connectivity index (χ0) is 17.9. The van der Waals surface area contributed by atoms with E-state index in [1.165, 1.54) is 5.56 Å².